The Morgan fingerprint density at radius 1 is 1.10 bits per heavy atom. The topological polar surface area (TPSA) is 181 Å². The van der Waals surface area contributed by atoms with Crippen LogP contribution in [0.5, 0.6) is 17.2 Å². The largest absolute Gasteiger partial charge is 0.493 e. The highest BCUT2D eigenvalue weighted by Crippen LogP contribution is 2.80. The van der Waals surface area contributed by atoms with Gasteiger partial charge in [-0.3, -0.25) is 4.79 Å². The fourth-order valence-corrected chi connectivity index (χ4v) is 4.27. The molecule has 10 nitrogen and oxygen atoms in total. The minimum Gasteiger partial charge on any atom is -0.493 e. The van der Waals surface area contributed by atoms with Crippen molar-refractivity contribution in [1.29, 1.82) is 15.8 Å². The molecule has 10 heteroatoms. The van der Waals surface area contributed by atoms with Crippen LogP contribution in [-0.4, -0.2) is 33.1 Å². The fourth-order valence-electron chi connectivity index (χ4n) is 4.27. The van der Waals surface area contributed by atoms with Gasteiger partial charge in [0.05, 0.1) is 33.1 Å². The fraction of sp³-hybridized carbons (Fsp3) is 0.316. The molecule has 146 valence electrons. The van der Waals surface area contributed by atoms with E-state index in [0.717, 1.165) is 0 Å². The zero-order valence-corrected chi connectivity index (χ0v) is 15.8. The summed E-state index contributed by atoms with van der Waals surface area (Å²) in [6, 6.07) is 8.59. The van der Waals surface area contributed by atoms with E-state index in [0.29, 0.717) is 22.8 Å². The molecule has 2 aliphatic rings. The molecule has 1 aromatic carbocycles. The van der Waals surface area contributed by atoms with Crippen molar-refractivity contribution in [3.05, 3.63) is 29.0 Å². The van der Waals surface area contributed by atoms with Crippen LogP contribution in [0.25, 0.3) is 0 Å². The minimum atomic E-state index is -1.69. The molecule has 3 rings (SSSR count). The number of primary amides is 1. The monoisotopic (exact) mass is 392 g/mol. The number of rotatable bonds is 5. The normalized spacial score (nSPS) is 26.1. The van der Waals surface area contributed by atoms with Crippen LogP contribution in [0.3, 0.4) is 0 Å². The summed E-state index contributed by atoms with van der Waals surface area (Å²) in [4.78, 5) is 16.5. The van der Waals surface area contributed by atoms with Crippen molar-refractivity contribution in [2.75, 3.05) is 21.3 Å². The van der Waals surface area contributed by atoms with Crippen LogP contribution in [0.2, 0.25) is 0 Å². The molecule has 0 spiro atoms. The molecule has 0 radical (unpaired) electrons. The van der Waals surface area contributed by atoms with Gasteiger partial charge in [-0.15, -0.1) is 0 Å². The number of methoxy groups -OCH3 is 3. The molecule has 1 heterocycles. The van der Waals surface area contributed by atoms with Crippen LogP contribution in [0, 0.1) is 44.8 Å². The summed E-state index contributed by atoms with van der Waals surface area (Å²) in [5.74, 6) is -1.10. The highest BCUT2D eigenvalue weighted by atomic mass is 16.5. The number of benzene rings is 1. The molecule has 0 saturated heterocycles. The summed E-state index contributed by atoms with van der Waals surface area (Å²) in [7, 11) is 4.28. The lowest BCUT2D eigenvalue weighted by Gasteiger charge is -2.16. The van der Waals surface area contributed by atoms with E-state index in [4.69, 9.17) is 25.7 Å². The first-order valence-corrected chi connectivity index (χ1v) is 8.26. The van der Waals surface area contributed by atoms with Gasteiger partial charge in [-0.2, -0.15) is 15.8 Å². The van der Waals surface area contributed by atoms with Crippen molar-refractivity contribution in [2.24, 2.45) is 27.3 Å². The Kier molecular flexibility index (Phi) is 4.33. The van der Waals surface area contributed by atoms with Gasteiger partial charge in [0.15, 0.2) is 17.1 Å². The lowest BCUT2D eigenvalue weighted by molar-refractivity contribution is -0.121. The van der Waals surface area contributed by atoms with Gasteiger partial charge in [0.2, 0.25) is 11.7 Å². The third-order valence-corrected chi connectivity index (χ3v) is 5.46. The van der Waals surface area contributed by atoms with E-state index in [2.05, 4.69) is 4.99 Å². The maximum atomic E-state index is 12.5. The minimum absolute atomic E-state index is 0.167. The van der Waals surface area contributed by atoms with Gasteiger partial charge in [-0.1, -0.05) is 0 Å². The van der Waals surface area contributed by atoms with Crippen molar-refractivity contribution in [2.45, 2.75) is 5.92 Å². The molecule has 1 saturated carbocycles. The number of allylic oxidation sites excluding steroid dienone is 2. The Bertz CT molecular complexity index is 1080. The van der Waals surface area contributed by atoms with E-state index in [-0.39, 0.29) is 11.5 Å². The van der Waals surface area contributed by atoms with Crippen molar-refractivity contribution in [1.82, 2.24) is 0 Å². The predicted molar refractivity (Wildman–Crippen MR) is 98.4 cm³/mol. The highest BCUT2D eigenvalue weighted by molar-refractivity contribution is 6.17. The van der Waals surface area contributed by atoms with Crippen molar-refractivity contribution in [3.63, 3.8) is 0 Å². The van der Waals surface area contributed by atoms with Crippen LogP contribution in [0.4, 0.5) is 0 Å². The number of ether oxygens (including phenoxy) is 3. The number of amidine groups is 1. The second-order valence-corrected chi connectivity index (χ2v) is 6.43. The van der Waals surface area contributed by atoms with Crippen molar-refractivity contribution < 1.29 is 19.0 Å². The Labute approximate surface area is 166 Å². The number of carbonyl (C=O) groups excluding carboxylic acids is 1. The van der Waals surface area contributed by atoms with Crippen LogP contribution in [0.1, 0.15) is 11.5 Å². The Balaban J connectivity index is 2.36. The molecule has 1 aromatic rings. The number of carbonyl (C=O) groups is 1. The molecule has 3 atom stereocenters. The average molecular weight is 392 g/mol. The first-order chi connectivity index (χ1) is 13.8. The maximum absolute atomic E-state index is 12.5. The maximum Gasteiger partial charge on any atom is 0.234 e. The molecule has 0 unspecified atom stereocenters. The quantitative estimate of drug-likeness (QED) is 0.678. The van der Waals surface area contributed by atoms with Crippen LogP contribution in [0.15, 0.2) is 28.4 Å². The standard InChI is InChI=1S/C19H16N6O4/c1-27-11-4-9(5-12(28-2)13(11)29-3)14-18(8-22)15(10(6-20)7-21)25-16(23)19(14,18)17(24)26/h4-5,14H,1-3H3,(H2,23,25)(H2,24,26)/t14-,18+,19-/m1/s1. The molecule has 4 N–H and O–H groups in total. The number of nitriles is 3. The number of hydrogen-bond donors (Lipinski definition) is 2. The summed E-state index contributed by atoms with van der Waals surface area (Å²) in [5, 5.41) is 28.7. The molecule has 1 aliphatic carbocycles. The van der Waals surface area contributed by atoms with Crippen molar-refractivity contribution in [3.8, 4) is 35.5 Å². The van der Waals surface area contributed by atoms with E-state index in [9.17, 15) is 20.6 Å². The number of nitrogens with two attached hydrogens (primary N) is 2. The van der Waals surface area contributed by atoms with E-state index in [1.165, 1.54) is 21.3 Å². The molecule has 0 bridgehead atoms. The third-order valence-electron chi connectivity index (χ3n) is 5.46. The highest BCUT2D eigenvalue weighted by Gasteiger charge is 2.88. The average Bonchev–Trinajstić information content (AvgIpc) is 3.29. The van der Waals surface area contributed by atoms with Crippen LogP contribution < -0.4 is 25.7 Å². The molecule has 1 aliphatic heterocycles. The van der Waals surface area contributed by atoms with Gasteiger partial charge in [0.1, 0.15) is 28.8 Å². The summed E-state index contributed by atoms with van der Waals surface area (Å²) < 4.78 is 16.0. The smallest absolute Gasteiger partial charge is 0.234 e. The summed E-state index contributed by atoms with van der Waals surface area (Å²) in [6.07, 6.45) is 0. The Morgan fingerprint density at radius 3 is 2.03 bits per heavy atom. The SMILES string of the molecule is COc1cc([C@H]2[C@]3(C(N)=O)C(N)=NC(=C(C#N)C#N)[C@]23C#N)cc(OC)c1OC. The number of fused-ring (bicyclic) bond motifs is 1. The van der Waals surface area contributed by atoms with Gasteiger partial charge >= 0.3 is 0 Å². The van der Waals surface area contributed by atoms with Gasteiger partial charge in [-0.25, -0.2) is 4.99 Å². The van der Waals surface area contributed by atoms with E-state index >= 15 is 0 Å². The Morgan fingerprint density at radius 2 is 1.66 bits per heavy atom. The molecule has 0 aromatic heterocycles. The first kappa shape index (κ1) is 19.5. The molecule has 1 fully saturated rings. The van der Waals surface area contributed by atoms with Gasteiger partial charge < -0.3 is 25.7 Å². The second-order valence-electron chi connectivity index (χ2n) is 6.43. The number of hydrogen-bond acceptors (Lipinski definition) is 9. The van der Waals surface area contributed by atoms with Gasteiger partial charge in [0.25, 0.3) is 0 Å². The number of amides is 1. The van der Waals surface area contributed by atoms with Gasteiger partial charge in [-0.05, 0) is 17.7 Å². The molecule has 1 amide bonds. The number of aliphatic imine (C=N–C) groups is 1. The number of nitrogens with zero attached hydrogens (tertiary/aromatic N) is 4. The lowest BCUT2D eigenvalue weighted by Crippen LogP contribution is -2.39. The third kappa shape index (κ3) is 2.07. The van der Waals surface area contributed by atoms with E-state index < -0.39 is 28.2 Å². The first-order valence-electron chi connectivity index (χ1n) is 8.26. The lowest BCUT2D eigenvalue weighted by atomic mass is 9.90. The van der Waals surface area contributed by atoms with Crippen molar-refractivity contribution >= 4 is 11.7 Å². The van der Waals surface area contributed by atoms with Crippen LogP contribution >= 0.6 is 0 Å². The summed E-state index contributed by atoms with van der Waals surface area (Å²) in [6.45, 7) is 0. The van der Waals surface area contributed by atoms with Crippen LogP contribution in [-0.2, 0) is 4.79 Å². The summed E-state index contributed by atoms with van der Waals surface area (Å²) in [5.41, 5.74) is 8.18. The summed E-state index contributed by atoms with van der Waals surface area (Å²) >= 11 is 0. The van der Waals surface area contributed by atoms with E-state index in [1.807, 2.05) is 6.07 Å². The zero-order valence-electron chi connectivity index (χ0n) is 15.8. The Hall–Kier alpha value is -4.23. The molecular formula is C19H16N6O4. The van der Waals surface area contributed by atoms with Gasteiger partial charge in [0, 0.05) is 5.92 Å². The zero-order chi connectivity index (χ0) is 21.6. The molecular weight excluding hydrogens is 376 g/mol. The predicted octanol–water partition coefficient (Wildman–Crippen LogP) is 0.463. The second kappa shape index (κ2) is 6.43. The van der Waals surface area contributed by atoms with E-state index in [1.54, 1.807) is 24.3 Å². The molecule has 29 heavy (non-hydrogen) atoms.